The molecule has 1 aliphatic carbocycles. The minimum Gasteiger partial charge on any atom is -0.481 e. The molecule has 0 spiro atoms. The molecular formula is C28H32BrN3O3. The highest BCUT2D eigenvalue weighted by molar-refractivity contribution is 9.10. The largest absolute Gasteiger partial charge is 0.481 e. The van der Waals surface area contributed by atoms with Gasteiger partial charge in [0.15, 0.2) is 0 Å². The standard InChI is InChI=1S/C28H32BrN3O3/c1-19(7-8-20-4-3-15-30-17-20)26-16-23(5-2-6-25-24(29)18-31-32(25)26)21-9-11-22(12-10-21)27(33)13-14-28(34)35/h3-5,15-18,21-22H,1-2,6-14H2,(H,34,35)/b23-5?,26-16-. The molecule has 35 heavy (non-hydrogen) atoms. The highest BCUT2D eigenvalue weighted by Crippen LogP contribution is 2.38. The van der Waals surface area contributed by atoms with E-state index in [4.69, 9.17) is 5.11 Å². The highest BCUT2D eigenvalue weighted by atomic mass is 79.9. The molecule has 6 nitrogen and oxygen atoms in total. The number of carboxylic acid groups (broad SMARTS) is 1. The summed E-state index contributed by atoms with van der Waals surface area (Å²) in [4.78, 5) is 27.5. The van der Waals surface area contributed by atoms with Gasteiger partial charge in [0, 0.05) is 24.7 Å². The number of ketones is 1. The summed E-state index contributed by atoms with van der Waals surface area (Å²) in [6.45, 7) is 4.44. The molecule has 0 aromatic carbocycles. The maximum absolute atomic E-state index is 12.4. The number of rotatable bonds is 9. The number of hydrogen-bond acceptors (Lipinski definition) is 4. The molecule has 184 valence electrons. The summed E-state index contributed by atoms with van der Waals surface area (Å²) in [5.74, 6) is -0.423. The molecule has 1 N–H and O–H groups in total. The Morgan fingerprint density at radius 1 is 1.14 bits per heavy atom. The second-order valence-electron chi connectivity index (χ2n) is 9.50. The van der Waals surface area contributed by atoms with Crippen LogP contribution in [0, 0.1) is 11.8 Å². The topological polar surface area (TPSA) is 85.1 Å². The number of Topliss-reactive ketones (excluding diaryl/α,β-unsaturated/α-hetero) is 1. The van der Waals surface area contributed by atoms with Crippen molar-refractivity contribution in [3.8, 4) is 0 Å². The molecule has 0 radical (unpaired) electrons. The zero-order valence-electron chi connectivity index (χ0n) is 20.0. The lowest BCUT2D eigenvalue weighted by atomic mass is 9.75. The van der Waals surface area contributed by atoms with Crippen LogP contribution in [0.15, 0.2) is 65.1 Å². The number of carbonyl (C=O) groups excluding carboxylic acids is 1. The predicted octanol–water partition coefficient (Wildman–Crippen LogP) is 6.18. The van der Waals surface area contributed by atoms with Crippen LogP contribution in [-0.2, 0) is 22.4 Å². The number of hydrogen-bond donors (Lipinski definition) is 1. The van der Waals surface area contributed by atoms with Gasteiger partial charge in [0.1, 0.15) is 5.78 Å². The van der Waals surface area contributed by atoms with E-state index in [0.29, 0.717) is 5.92 Å². The van der Waals surface area contributed by atoms with Gasteiger partial charge in [0.25, 0.3) is 0 Å². The van der Waals surface area contributed by atoms with Gasteiger partial charge >= 0.3 is 5.97 Å². The molecule has 0 unspecified atom stereocenters. The number of pyridine rings is 1. The second kappa shape index (κ2) is 11.8. The molecule has 2 aromatic rings. The summed E-state index contributed by atoms with van der Waals surface area (Å²) in [5, 5.41) is 13.6. The molecule has 4 rings (SSSR count). The van der Waals surface area contributed by atoms with Crippen LogP contribution in [0.4, 0.5) is 0 Å². The van der Waals surface area contributed by atoms with Crippen LogP contribution in [0.5, 0.6) is 0 Å². The Morgan fingerprint density at radius 2 is 1.94 bits per heavy atom. The molecular weight excluding hydrogens is 506 g/mol. The lowest BCUT2D eigenvalue weighted by Crippen LogP contribution is -2.23. The quantitative estimate of drug-likeness (QED) is 0.412. The first-order chi connectivity index (χ1) is 16.9. The number of nitrogens with zero attached hydrogens (tertiary/aromatic N) is 3. The van der Waals surface area contributed by atoms with Crippen molar-refractivity contribution in [2.75, 3.05) is 0 Å². The molecule has 3 heterocycles. The average Bonchev–Trinajstić information content (AvgIpc) is 3.21. The van der Waals surface area contributed by atoms with Crippen LogP contribution in [0.2, 0.25) is 0 Å². The lowest BCUT2D eigenvalue weighted by molar-refractivity contribution is -0.139. The highest BCUT2D eigenvalue weighted by Gasteiger charge is 2.28. The first-order valence-electron chi connectivity index (χ1n) is 12.4. The Kier molecular flexibility index (Phi) is 8.50. The molecule has 0 bridgehead atoms. The van der Waals surface area contributed by atoms with E-state index in [1.807, 2.05) is 23.1 Å². The van der Waals surface area contributed by atoms with E-state index in [2.05, 4.69) is 50.8 Å². The monoisotopic (exact) mass is 537 g/mol. The molecule has 2 aliphatic rings. The summed E-state index contributed by atoms with van der Waals surface area (Å²) in [5.41, 5.74) is 5.71. The van der Waals surface area contributed by atoms with Gasteiger partial charge < -0.3 is 5.11 Å². The normalized spacial score (nSPS) is 21.6. The smallest absolute Gasteiger partial charge is 0.303 e. The predicted molar refractivity (Wildman–Crippen MR) is 140 cm³/mol. The molecule has 0 atom stereocenters. The van der Waals surface area contributed by atoms with Crippen LogP contribution < -0.4 is 0 Å². The Bertz CT molecular complexity index is 1140. The Hall–Kier alpha value is -2.80. The fraction of sp³-hybridized carbons (Fsp3) is 0.429. The van der Waals surface area contributed by atoms with Crippen LogP contribution in [0.1, 0.15) is 62.6 Å². The number of aliphatic carboxylic acids is 1. The summed E-state index contributed by atoms with van der Waals surface area (Å²) in [7, 11) is 0. The average molecular weight is 538 g/mol. The van der Waals surface area contributed by atoms with Gasteiger partial charge in [-0.1, -0.05) is 18.7 Å². The molecule has 7 heteroatoms. The summed E-state index contributed by atoms with van der Waals surface area (Å²) >= 11 is 3.66. The van der Waals surface area contributed by atoms with Gasteiger partial charge in [-0.3, -0.25) is 14.6 Å². The van der Waals surface area contributed by atoms with E-state index in [0.717, 1.165) is 72.8 Å². The van der Waals surface area contributed by atoms with E-state index in [-0.39, 0.29) is 24.5 Å². The third-order valence-electron chi connectivity index (χ3n) is 7.15. The maximum Gasteiger partial charge on any atom is 0.303 e. The van der Waals surface area contributed by atoms with Gasteiger partial charge in [-0.25, -0.2) is 4.68 Å². The first kappa shape index (κ1) is 25.3. The number of allylic oxidation sites excluding steroid dienone is 5. The Balaban J connectivity index is 1.50. The van der Waals surface area contributed by atoms with Gasteiger partial charge in [-0.15, -0.1) is 0 Å². The lowest BCUT2D eigenvalue weighted by Gasteiger charge is -2.30. The van der Waals surface area contributed by atoms with E-state index in [9.17, 15) is 9.59 Å². The minimum atomic E-state index is -0.905. The van der Waals surface area contributed by atoms with E-state index < -0.39 is 5.97 Å². The fourth-order valence-electron chi connectivity index (χ4n) is 5.13. The van der Waals surface area contributed by atoms with Crippen molar-refractivity contribution in [2.45, 2.75) is 64.2 Å². The Labute approximate surface area is 215 Å². The molecule has 0 saturated heterocycles. The summed E-state index contributed by atoms with van der Waals surface area (Å²) in [6.07, 6.45) is 17.2. The minimum absolute atomic E-state index is 0.00803. The van der Waals surface area contributed by atoms with Crippen molar-refractivity contribution in [1.29, 1.82) is 0 Å². The summed E-state index contributed by atoms with van der Waals surface area (Å²) in [6, 6.07) is 4.05. The van der Waals surface area contributed by atoms with E-state index >= 15 is 0 Å². The van der Waals surface area contributed by atoms with Crippen molar-refractivity contribution in [1.82, 2.24) is 14.8 Å². The number of aromatic nitrogens is 3. The summed E-state index contributed by atoms with van der Waals surface area (Å²) < 4.78 is 3.05. The van der Waals surface area contributed by atoms with Crippen molar-refractivity contribution >= 4 is 33.4 Å². The third-order valence-corrected chi connectivity index (χ3v) is 7.81. The van der Waals surface area contributed by atoms with Crippen molar-refractivity contribution in [3.05, 3.63) is 76.3 Å². The zero-order chi connectivity index (χ0) is 24.8. The van der Waals surface area contributed by atoms with Crippen LogP contribution >= 0.6 is 15.9 Å². The van der Waals surface area contributed by atoms with Crippen molar-refractivity contribution in [2.24, 2.45) is 11.8 Å². The second-order valence-corrected chi connectivity index (χ2v) is 10.4. The first-order valence-corrected chi connectivity index (χ1v) is 13.2. The Morgan fingerprint density at radius 3 is 2.66 bits per heavy atom. The SMILES string of the molecule is C=C(CCc1cccnc1)/C1=C/C(C2CCC(C(=O)CCC(=O)O)CC2)=CCCc2c(Br)cnn21. The van der Waals surface area contributed by atoms with E-state index in [1.165, 1.54) is 11.1 Å². The number of carboxylic acids is 1. The van der Waals surface area contributed by atoms with Crippen LogP contribution in [-0.4, -0.2) is 31.6 Å². The van der Waals surface area contributed by atoms with Gasteiger partial charge in [-0.2, -0.15) is 5.10 Å². The number of carbonyl (C=O) groups is 2. The third kappa shape index (κ3) is 6.45. The molecule has 2 aromatic heterocycles. The maximum atomic E-state index is 12.4. The van der Waals surface area contributed by atoms with Crippen LogP contribution in [0.3, 0.4) is 0 Å². The van der Waals surface area contributed by atoms with Gasteiger partial charge in [-0.05, 0) is 102 Å². The molecule has 0 amide bonds. The molecule has 1 aliphatic heterocycles. The molecule has 1 saturated carbocycles. The van der Waals surface area contributed by atoms with Gasteiger partial charge in [0.05, 0.1) is 28.5 Å². The number of fused-ring (bicyclic) bond motifs is 1. The fourth-order valence-corrected chi connectivity index (χ4v) is 5.59. The number of aryl methyl sites for hydroxylation is 1. The van der Waals surface area contributed by atoms with Crippen LogP contribution in [0.25, 0.3) is 5.70 Å². The zero-order valence-corrected chi connectivity index (χ0v) is 21.5. The van der Waals surface area contributed by atoms with Crippen molar-refractivity contribution < 1.29 is 14.7 Å². The van der Waals surface area contributed by atoms with Gasteiger partial charge in [0.2, 0.25) is 0 Å². The molecule has 1 fully saturated rings. The number of halogens is 1. The van der Waals surface area contributed by atoms with E-state index in [1.54, 1.807) is 6.20 Å². The van der Waals surface area contributed by atoms with Crippen molar-refractivity contribution in [3.63, 3.8) is 0 Å².